The second-order valence-corrected chi connectivity index (χ2v) is 4.66. The third-order valence-corrected chi connectivity index (χ3v) is 2.88. The van der Waals surface area contributed by atoms with Gasteiger partial charge >= 0.3 is 0 Å². The molecule has 0 bridgehead atoms. The highest BCUT2D eigenvalue weighted by Gasteiger charge is 2.28. The van der Waals surface area contributed by atoms with Crippen molar-refractivity contribution in [3.05, 3.63) is 11.6 Å². The lowest BCUT2D eigenvalue weighted by atomic mass is 10.2. The molecule has 1 aliphatic rings. The Labute approximate surface area is 106 Å². The van der Waals surface area contributed by atoms with Gasteiger partial charge < -0.3 is 9.64 Å². The number of ether oxygens (including phenoxy) is 1. The second-order valence-electron chi connectivity index (χ2n) is 4.66. The van der Waals surface area contributed by atoms with Gasteiger partial charge in [-0.05, 0) is 6.92 Å². The monoisotopic (exact) mass is 253 g/mol. The van der Waals surface area contributed by atoms with E-state index in [2.05, 4.69) is 20.1 Å². The summed E-state index contributed by atoms with van der Waals surface area (Å²) < 4.78 is 5.49. The molecule has 2 rings (SSSR count). The fourth-order valence-electron chi connectivity index (χ4n) is 1.94. The summed E-state index contributed by atoms with van der Waals surface area (Å²) in [5.74, 6) is 1.57. The number of morpholine rings is 1. The summed E-state index contributed by atoms with van der Waals surface area (Å²) in [6.45, 7) is 4.46. The minimum atomic E-state index is -0.381. The molecule has 7 heteroatoms. The maximum Gasteiger partial charge on any atom is 0.252 e. The predicted octanol–water partition coefficient (Wildman–Crippen LogP) is -0.598. The average molecular weight is 253 g/mol. The zero-order chi connectivity index (χ0) is 13.1. The molecule has 1 saturated heterocycles. The van der Waals surface area contributed by atoms with Gasteiger partial charge in [-0.25, -0.2) is 4.98 Å². The number of aryl methyl sites for hydroxylation is 1. The number of nitrogens with one attached hydrogen (secondary N) is 1. The first kappa shape index (κ1) is 13.0. The third-order valence-electron chi connectivity index (χ3n) is 2.88. The largest absolute Gasteiger partial charge is 0.366 e. The number of hydrogen-bond donors (Lipinski definition) is 1. The first-order valence-corrected chi connectivity index (χ1v) is 5.99. The third kappa shape index (κ3) is 3.05. The summed E-state index contributed by atoms with van der Waals surface area (Å²) in [7, 11) is 3.48. The van der Waals surface area contributed by atoms with Crippen LogP contribution in [0.3, 0.4) is 0 Å². The van der Waals surface area contributed by atoms with Crippen molar-refractivity contribution in [2.45, 2.75) is 19.6 Å². The zero-order valence-corrected chi connectivity index (χ0v) is 11.0. The molecule has 1 atom stereocenters. The van der Waals surface area contributed by atoms with E-state index in [0.717, 1.165) is 18.2 Å². The molecule has 2 heterocycles. The molecule has 0 spiro atoms. The lowest BCUT2D eigenvalue weighted by molar-refractivity contribution is -0.147. The maximum absolute atomic E-state index is 11.8. The van der Waals surface area contributed by atoms with Gasteiger partial charge in [0.25, 0.3) is 5.91 Å². The van der Waals surface area contributed by atoms with Gasteiger partial charge in [-0.1, -0.05) is 0 Å². The summed E-state index contributed by atoms with van der Waals surface area (Å²) in [6, 6.07) is 0. The van der Waals surface area contributed by atoms with Crippen molar-refractivity contribution in [1.82, 2.24) is 25.0 Å². The SMILES string of the molecule is Cc1nc(CN2CCOC(C(=O)N(C)C)C2)n[nH]1. The molecule has 1 unspecified atom stereocenters. The molecule has 0 saturated carbocycles. The summed E-state index contributed by atoms with van der Waals surface area (Å²) in [5.41, 5.74) is 0. The van der Waals surface area contributed by atoms with Gasteiger partial charge in [0.05, 0.1) is 13.2 Å². The highest BCUT2D eigenvalue weighted by molar-refractivity contribution is 5.80. The van der Waals surface area contributed by atoms with Gasteiger partial charge in [-0.3, -0.25) is 14.8 Å². The molecule has 18 heavy (non-hydrogen) atoms. The minimum absolute atomic E-state index is 0.00543. The summed E-state index contributed by atoms with van der Waals surface area (Å²) in [6.07, 6.45) is -0.381. The highest BCUT2D eigenvalue weighted by atomic mass is 16.5. The number of aromatic amines is 1. The number of carbonyl (C=O) groups is 1. The Kier molecular flexibility index (Phi) is 3.93. The van der Waals surface area contributed by atoms with Crippen molar-refractivity contribution in [1.29, 1.82) is 0 Å². The topological polar surface area (TPSA) is 74.4 Å². The Morgan fingerprint density at radius 2 is 2.39 bits per heavy atom. The second kappa shape index (κ2) is 5.45. The van der Waals surface area contributed by atoms with Gasteiger partial charge in [0.1, 0.15) is 11.9 Å². The standard InChI is InChI=1S/C11H19N5O2/c1-8-12-10(14-13-8)7-16-4-5-18-9(6-16)11(17)15(2)3/h9H,4-7H2,1-3H3,(H,12,13,14). The van der Waals surface area contributed by atoms with Crippen molar-refractivity contribution < 1.29 is 9.53 Å². The van der Waals surface area contributed by atoms with E-state index in [0.29, 0.717) is 19.7 Å². The highest BCUT2D eigenvalue weighted by Crippen LogP contribution is 2.09. The Morgan fingerprint density at radius 3 is 3.00 bits per heavy atom. The van der Waals surface area contributed by atoms with Crippen LogP contribution >= 0.6 is 0 Å². The van der Waals surface area contributed by atoms with Crippen LogP contribution in [0.4, 0.5) is 0 Å². The van der Waals surface area contributed by atoms with E-state index in [1.165, 1.54) is 0 Å². The van der Waals surface area contributed by atoms with Crippen molar-refractivity contribution in [2.75, 3.05) is 33.8 Å². The molecule has 1 aromatic heterocycles. The van der Waals surface area contributed by atoms with Crippen LogP contribution in [0.15, 0.2) is 0 Å². The number of nitrogens with zero attached hydrogens (tertiary/aromatic N) is 4. The number of rotatable bonds is 3. The number of hydrogen-bond acceptors (Lipinski definition) is 5. The van der Waals surface area contributed by atoms with Crippen molar-refractivity contribution >= 4 is 5.91 Å². The van der Waals surface area contributed by atoms with Crippen LogP contribution < -0.4 is 0 Å². The molecule has 1 fully saturated rings. The first-order chi connectivity index (χ1) is 8.56. The summed E-state index contributed by atoms with van der Waals surface area (Å²) >= 11 is 0. The molecule has 0 radical (unpaired) electrons. The van der Waals surface area contributed by atoms with Crippen LogP contribution in [0.1, 0.15) is 11.6 Å². The molecule has 1 aliphatic heterocycles. The fraction of sp³-hybridized carbons (Fsp3) is 0.727. The maximum atomic E-state index is 11.8. The van der Waals surface area contributed by atoms with Crippen LogP contribution in [0.5, 0.6) is 0 Å². The van der Waals surface area contributed by atoms with Gasteiger partial charge in [0.2, 0.25) is 0 Å². The molecule has 7 nitrogen and oxygen atoms in total. The Hall–Kier alpha value is -1.47. The molecule has 100 valence electrons. The quantitative estimate of drug-likeness (QED) is 0.779. The molecule has 0 aliphatic carbocycles. The van der Waals surface area contributed by atoms with E-state index in [-0.39, 0.29) is 12.0 Å². The smallest absolute Gasteiger partial charge is 0.252 e. The summed E-state index contributed by atoms with van der Waals surface area (Å²) in [4.78, 5) is 19.8. The van der Waals surface area contributed by atoms with Crippen molar-refractivity contribution in [3.63, 3.8) is 0 Å². The molecular weight excluding hydrogens is 234 g/mol. The van der Waals surface area contributed by atoms with E-state index in [1.54, 1.807) is 19.0 Å². The number of amides is 1. The van der Waals surface area contributed by atoms with Crippen LogP contribution in [0.25, 0.3) is 0 Å². The molecular formula is C11H19N5O2. The predicted molar refractivity (Wildman–Crippen MR) is 64.8 cm³/mol. The normalized spacial score (nSPS) is 20.9. The lowest BCUT2D eigenvalue weighted by Crippen LogP contribution is -2.49. The van der Waals surface area contributed by atoms with E-state index in [4.69, 9.17) is 4.74 Å². The van der Waals surface area contributed by atoms with Gasteiger partial charge in [0.15, 0.2) is 5.82 Å². The van der Waals surface area contributed by atoms with E-state index >= 15 is 0 Å². The van der Waals surface area contributed by atoms with Crippen LogP contribution in [0, 0.1) is 6.92 Å². The number of H-pyrrole nitrogens is 1. The van der Waals surface area contributed by atoms with Crippen molar-refractivity contribution in [2.24, 2.45) is 0 Å². The Balaban J connectivity index is 1.92. The Morgan fingerprint density at radius 1 is 1.61 bits per heavy atom. The van der Waals surface area contributed by atoms with E-state index in [1.807, 2.05) is 6.92 Å². The Bertz CT molecular complexity index is 417. The van der Waals surface area contributed by atoms with Crippen LogP contribution in [0.2, 0.25) is 0 Å². The number of aromatic nitrogens is 3. The summed E-state index contributed by atoms with van der Waals surface area (Å²) in [5, 5.41) is 6.92. The number of likely N-dealkylation sites (N-methyl/N-ethyl adjacent to an activating group) is 1. The molecule has 1 amide bonds. The average Bonchev–Trinajstić information content (AvgIpc) is 2.74. The van der Waals surface area contributed by atoms with Gasteiger partial charge in [-0.15, -0.1) is 0 Å². The zero-order valence-electron chi connectivity index (χ0n) is 11.0. The first-order valence-electron chi connectivity index (χ1n) is 5.99. The van der Waals surface area contributed by atoms with Crippen LogP contribution in [-0.4, -0.2) is 70.8 Å². The minimum Gasteiger partial charge on any atom is -0.366 e. The molecule has 0 aromatic carbocycles. The van der Waals surface area contributed by atoms with Crippen molar-refractivity contribution in [3.8, 4) is 0 Å². The van der Waals surface area contributed by atoms with Crippen LogP contribution in [-0.2, 0) is 16.1 Å². The van der Waals surface area contributed by atoms with E-state index < -0.39 is 0 Å². The van der Waals surface area contributed by atoms with E-state index in [9.17, 15) is 4.79 Å². The van der Waals surface area contributed by atoms with Gasteiger partial charge in [0, 0.05) is 27.2 Å². The number of carbonyl (C=O) groups excluding carboxylic acids is 1. The van der Waals surface area contributed by atoms with Gasteiger partial charge in [-0.2, -0.15) is 5.10 Å². The molecule has 1 aromatic rings. The fourth-order valence-corrected chi connectivity index (χ4v) is 1.94. The lowest BCUT2D eigenvalue weighted by Gasteiger charge is -2.32. The molecule has 1 N–H and O–H groups in total.